The van der Waals surface area contributed by atoms with Crippen molar-refractivity contribution in [3.63, 3.8) is 0 Å². The van der Waals surface area contributed by atoms with Crippen LogP contribution >= 0.6 is 0 Å². The second-order valence-corrected chi connectivity index (χ2v) is 4.67. The molecule has 0 amide bonds. The summed E-state index contributed by atoms with van der Waals surface area (Å²) in [6.07, 6.45) is 4.34. The minimum Gasteiger partial charge on any atom is -0.444 e. The van der Waals surface area contributed by atoms with Crippen molar-refractivity contribution in [2.45, 2.75) is 32.6 Å². The van der Waals surface area contributed by atoms with Crippen LogP contribution in [0.2, 0.25) is 0 Å². The highest BCUT2D eigenvalue weighted by Crippen LogP contribution is 2.40. The van der Waals surface area contributed by atoms with E-state index < -0.39 is 0 Å². The summed E-state index contributed by atoms with van der Waals surface area (Å²) in [7, 11) is 0. The Morgan fingerprint density at radius 3 is 2.81 bits per heavy atom. The fourth-order valence-electron chi connectivity index (χ4n) is 1.94. The lowest BCUT2D eigenvalue weighted by Crippen LogP contribution is -1.86. The summed E-state index contributed by atoms with van der Waals surface area (Å²) in [5, 5.41) is 0. The summed E-state index contributed by atoms with van der Waals surface area (Å²) in [5.41, 5.74) is 4.70. The van der Waals surface area contributed by atoms with Crippen LogP contribution in [-0.2, 0) is 0 Å². The molecule has 1 aromatic carbocycles. The van der Waals surface area contributed by atoms with Crippen LogP contribution in [0.15, 0.2) is 28.9 Å². The minimum atomic E-state index is 0.655. The van der Waals surface area contributed by atoms with Gasteiger partial charge in [0.05, 0.1) is 5.69 Å². The van der Waals surface area contributed by atoms with E-state index in [1.54, 1.807) is 0 Å². The molecule has 1 aromatic heterocycles. The van der Waals surface area contributed by atoms with Crippen LogP contribution in [-0.4, -0.2) is 4.98 Å². The molecule has 1 aliphatic rings. The third kappa shape index (κ3) is 1.64. The smallest absolute Gasteiger partial charge is 0.226 e. The van der Waals surface area contributed by atoms with E-state index in [1.165, 1.54) is 24.0 Å². The summed E-state index contributed by atoms with van der Waals surface area (Å²) in [5.74, 6) is 1.42. The zero-order valence-corrected chi connectivity index (χ0v) is 9.66. The lowest BCUT2D eigenvalue weighted by molar-refractivity contribution is 0.572. The molecule has 0 atom stereocenters. The maximum Gasteiger partial charge on any atom is 0.226 e. The van der Waals surface area contributed by atoms with Gasteiger partial charge < -0.3 is 4.42 Å². The van der Waals surface area contributed by atoms with E-state index in [-0.39, 0.29) is 0 Å². The van der Waals surface area contributed by atoms with Crippen LogP contribution in [0, 0.1) is 13.8 Å². The average Bonchev–Trinajstić information content (AvgIpc) is 3.01. The zero-order valence-electron chi connectivity index (χ0n) is 9.66. The Morgan fingerprint density at radius 1 is 1.25 bits per heavy atom. The van der Waals surface area contributed by atoms with Crippen LogP contribution in [0.5, 0.6) is 0 Å². The van der Waals surface area contributed by atoms with Gasteiger partial charge in [0.2, 0.25) is 5.89 Å². The summed E-state index contributed by atoms with van der Waals surface area (Å²) in [6, 6.07) is 6.37. The third-order valence-electron chi connectivity index (χ3n) is 3.14. The molecule has 2 nitrogen and oxygen atoms in total. The van der Waals surface area contributed by atoms with Gasteiger partial charge in [0.25, 0.3) is 0 Å². The summed E-state index contributed by atoms with van der Waals surface area (Å²) < 4.78 is 5.58. The summed E-state index contributed by atoms with van der Waals surface area (Å²) >= 11 is 0. The number of hydrogen-bond donors (Lipinski definition) is 0. The van der Waals surface area contributed by atoms with Crippen molar-refractivity contribution in [1.82, 2.24) is 4.98 Å². The Labute approximate surface area is 95.3 Å². The van der Waals surface area contributed by atoms with Crippen molar-refractivity contribution < 1.29 is 4.42 Å². The fourth-order valence-corrected chi connectivity index (χ4v) is 1.94. The first-order chi connectivity index (χ1) is 7.74. The number of hydrogen-bond acceptors (Lipinski definition) is 2. The van der Waals surface area contributed by atoms with Crippen molar-refractivity contribution in [3.05, 3.63) is 41.3 Å². The van der Waals surface area contributed by atoms with Crippen molar-refractivity contribution >= 4 is 0 Å². The van der Waals surface area contributed by atoms with E-state index in [0.717, 1.165) is 17.1 Å². The third-order valence-corrected chi connectivity index (χ3v) is 3.14. The highest BCUT2D eigenvalue weighted by Gasteiger charge is 2.27. The molecule has 0 spiro atoms. The number of benzene rings is 1. The molecule has 0 radical (unpaired) electrons. The largest absolute Gasteiger partial charge is 0.444 e. The number of nitrogens with zero attached hydrogens (tertiary/aromatic N) is 1. The summed E-state index contributed by atoms with van der Waals surface area (Å²) in [4.78, 5) is 4.58. The van der Waals surface area contributed by atoms with Gasteiger partial charge in [-0.05, 0) is 38.3 Å². The maximum absolute atomic E-state index is 5.58. The molecule has 1 fully saturated rings. The molecular weight excluding hydrogens is 198 g/mol. The van der Waals surface area contributed by atoms with Crippen LogP contribution in [0.4, 0.5) is 0 Å². The quantitative estimate of drug-likeness (QED) is 0.757. The highest BCUT2D eigenvalue weighted by molar-refractivity contribution is 5.59. The molecule has 1 saturated carbocycles. The molecule has 2 aromatic rings. The van der Waals surface area contributed by atoms with Gasteiger partial charge >= 0.3 is 0 Å². The van der Waals surface area contributed by atoms with Gasteiger partial charge in [-0.2, -0.15) is 0 Å². The number of rotatable bonds is 2. The average molecular weight is 213 g/mol. The van der Waals surface area contributed by atoms with Crippen molar-refractivity contribution in [2.24, 2.45) is 0 Å². The molecule has 82 valence electrons. The van der Waals surface area contributed by atoms with E-state index in [9.17, 15) is 0 Å². The number of aromatic nitrogens is 1. The number of oxazole rings is 1. The van der Waals surface area contributed by atoms with Crippen molar-refractivity contribution in [3.8, 4) is 11.5 Å². The molecule has 1 aliphatic carbocycles. The monoisotopic (exact) mass is 213 g/mol. The first kappa shape index (κ1) is 9.64. The van der Waals surface area contributed by atoms with Gasteiger partial charge in [-0.15, -0.1) is 0 Å². The van der Waals surface area contributed by atoms with Gasteiger partial charge in [-0.3, -0.25) is 0 Å². The van der Waals surface area contributed by atoms with Crippen LogP contribution in [0.1, 0.15) is 35.6 Å². The van der Waals surface area contributed by atoms with Crippen LogP contribution in [0.25, 0.3) is 11.5 Å². The number of aryl methyl sites for hydroxylation is 2. The molecule has 0 N–H and O–H groups in total. The second kappa shape index (κ2) is 3.48. The Kier molecular flexibility index (Phi) is 2.10. The lowest BCUT2D eigenvalue weighted by Gasteiger charge is -2.02. The van der Waals surface area contributed by atoms with Crippen molar-refractivity contribution in [2.75, 3.05) is 0 Å². The van der Waals surface area contributed by atoms with E-state index in [1.807, 2.05) is 6.26 Å². The minimum absolute atomic E-state index is 0.655. The van der Waals surface area contributed by atoms with E-state index >= 15 is 0 Å². The Morgan fingerprint density at radius 2 is 2.06 bits per heavy atom. The summed E-state index contributed by atoms with van der Waals surface area (Å²) in [6.45, 7) is 4.18. The molecule has 3 rings (SSSR count). The van der Waals surface area contributed by atoms with Gasteiger partial charge in [-0.1, -0.05) is 17.7 Å². The molecule has 0 aliphatic heterocycles. The first-order valence-corrected chi connectivity index (χ1v) is 5.77. The highest BCUT2D eigenvalue weighted by atomic mass is 16.3. The molecule has 16 heavy (non-hydrogen) atoms. The molecule has 0 bridgehead atoms. The standard InChI is InChI=1S/C14H15NO/c1-9-3-4-10(2)12(7-9)14-15-13(8-16-14)11-5-6-11/h3-4,7-8,11H,5-6H2,1-2H3. The maximum atomic E-state index is 5.58. The predicted molar refractivity (Wildman–Crippen MR) is 63.4 cm³/mol. The van der Waals surface area contributed by atoms with Crippen LogP contribution in [0.3, 0.4) is 0 Å². The molecule has 0 saturated heterocycles. The van der Waals surface area contributed by atoms with E-state index in [2.05, 4.69) is 37.0 Å². The Balaban J connectivity index is 2.03. The topological polar surface area (TPSA) is 26.0 Å². The first-order valence-electron chi connectivity index (χ1n) is 5.77. The van der Waals surface area contributed by atoms with Crippen molar-refractivity contribution in [1.29, 1.82) is 0 Å². The van der Waals surface area contributed by atoms with E-state index in [0.29, 0.717) is 5.92 Å². The molecule has 2 heteroatoms. The van der Waals surface area contributed by atoms with E-state index in [4.69, 9.17) is 4.42 Å². The second-order valence-electron chi connectivity index (χ2n) is 4.67. The zero-order chi connectivity index (χ0) is 11.1. The normalized spacial score (nSPS) is 15.4. The molecular formula is C14H15NO. The molecule has 0 unspecified atom stereocenters. The van der Waals surface area contributed by atoms with Gasteiger partial charge in [0.1, 0.15) is 6.26 Å². The van der Waals surface area contributed by atoms with Crippen LogP contribution < -0.4 is 0 Å². The van der Waals surface area contributed by atoms with Gasteiger partial charge in [0, 0.05) is 11.5 Å². The Hall–Kier alpha value is -1.57. The van der Waals surface area contributed by atoms with Gasteiger partial charge in [0.15, 0.2) is 0 Å². The SMILES string of the molecule is Cc1ccc(C)c(-c2nc(C3CC3)co2)c1. The lowest BCUT2D eigenvalue weighted by atomic mass is 10.1. The Bertz CT molecular complexity index is 523. The molecule has 1 heterocycles. The predicted octanol–water partition coefficient (Wildman–Crippen LogP) is 3.84. The van der Waals surface area contributed by atoms with Gasteiger partial charge in [-0.25, -0.2) is 4.98 Å². The fraction of sp³-hybridized carbons (Fsp3) is 0.357.